The van der Waals surface area contributed by atoms with E-state index in [1.54, 1.807) is 30.3 Å². The number of amides is 3. The number of fused-ring (bicyclic) bond motifs is 1. The molecule has 8 nitrogen and oxygen atoms in total. The van der Waals surface area contributed by atoms with E-state index in [-0.39, 0.29) is 60.7 Å². The Hall–Kier alpha value is -3.40. The van der Waals surface area contributed by atoms with Crippen LogP contribution in [0.2, 0.25) is 10.0 Å². The minimum atomic E-state index is -4.00. The van der Waals surface area contributed by atoms with Gasteiger partial charge in [-0.15, -0.1) is 0 Å². The Labute approximate surface area is 268 Å². The fourth-order valence-corrected chi connectivity index (χ4v) is 8.05. The van der Waals surface area contributed by atoms with Crippen LogP contribution in [0, 0.1) is 0 Å². The minimum absolute atomic E-state index is 0.0146. The fourth-order valence-electron chi connectivity index (χ4n) is 5.92. The number of benzene rings is 3. The van der Waals surface area contributed by atoms with Crippen LogP contribution in [0.1, 0.15) is 66.4 Å². The van der Waals surface area contributed by atoms with Crippen LogP contribution in [0.3, 0.4) is 0 Å². The van der Waals surface area contributed by atoms with Crippen molar-refractivity contribution in [1.29, 1.82) is 0 Å². The summed E-state index contributed by atoms with van der Waals surface area (Å²) >= 11 is 13.1. The van der Waals surface area contributed by atoms with Gasteiger partial charge in [0.25, 0.3) is 15.9 Å². The highest BCUT2D eigenvalue weighted by Crippen LogP contribution is 2.31. The molecule has 232 valence electrons. The van der Waals surface area contributed by atoms with Crippen molar-refractivity contribution in [2.75, 3.05) is 6.54 Å². The van der Waals surface area contributed by atoms with Gasteiger partial charge in [-0.2, -0.15) is 0 Å². The first-order valence-corrected chi connectivity index (χ1v) is 17.1. The van der Waals surface area contributed by atoms with Crippen molar-refractivity contribution < 1.29 is 22.8 Å². The van der Waals surface area contributed by atoms with Crippen molar-refractivity contribution in [1.82, 2.24) is 14.5 Å². The van der Waals surface area contributed by atoms with E-state index in [2.05, 4.69) is 5.32 Å². The first kappa shape index (κ1) is 32.0. The number of nitrogens with zero attached hydrogens (tertiary/aromatic N) is 2. The first-order valence-electron chi connectivity index (χ1n) is 14.9. The molecule has 0 unspecified atom stereocenters. The molecular weight excluding hydrogens is 621 g/mol. The molecule has 3 amide bonds. The van der Waals surface area contributed by atoms with E-state index in [4.69, 9.17) is 23.2 Å². The molecule has 11 heteroatoms. The van der Waals surface area contributed by atoms with E-state index in [1.165, 1.54) is 17.0 Å². The molecular formula is C33H35Cl2N3O5S. The summed E-state index contributed by atoms with van der Waals surface area (Å²) in [5.41, 5.74) is 1.52. The van der Waals surface area contributed by atoms with E-state index >= 15 is 0 Å². The summed E-state index contributed by atoms with van der Waals surface area (Å²) in [4.78, 5) is 42.4. The number of hydrogen-bond acceptors (Lipinski definition) is 5. The average molecular weight is 657 g/mol. The lowest BCUT2D eigenvalue weighted by Gasteiger charge is -2.34. The number of nitrogens with one attached hydrogen (secondary N) is 1. The molecule has 1 heterocycles. The number of halogens is 2. The molecule has 1 N–H and O–H groups in total. The van der Waals surface area contributed by atoms with Gasteiger partial charge in [-0.3, -0.25) is 14.4 Å². The molecule has 1 fully saturated rings. The Morgan fingerprint density at radius 3 is 2.25 bits per heavy atom. The smallest absolute Gasteiger partial charge is 0.269 e. The Balaban J connectivity index is 1.40. The average Bonchev–Trinajstić information content (AvgIpc) is 3.21. The zero-order chi connectivity index (χ0) is 31.3. The van der Waals surface area contributed by atoms with Gasteiger partial charge in [-0.1, -0.05) is 91.0 Å². The summed E-state index contributed by atoms with van der Waals surface area (Å²) in [6, 6.07) is 19.8. The maximum atomic E-state index is 14.0. The Bertz CT molecular complexity index is 1610. The molecule has 0 saturated heterocycles. The molecule has 0 bridgehead atoms. The third-order valence-corrected chi connectivity index (χ3v) is 10.8. The second kappa shape index (κ2) is 14.1. The third-order valence-electron chi connectivity index (χ3n) is 8.28. The van der Waals surface area contributed by atoms with E-state index < -0.39 is 22.0 Å². The quantitative estimate of drug-likeness (QED) is 0.273. The molecule has 1 aliphatic heterocycles. The van der Waals surface area contributed by atoms with Gasteiger partial charge in [0.15, 0.2) is 0 Å². The van der Waals surface area contributed by atoms with Gasteiger partial charge in [0.05, 0.1) is 5.56 Å². The van der Waals surface area contributed by atoms with E-state index in [0.29, 0.717) is 15.6 Å². The second-order valence-electron chi connectivity index (χ2n) is 11.3. The van der Waals surface area contributed by atoms with Crippen LogP contribution in [0.15, 0.2) is 77.7 Å². The van der Waals surface area contributed by atoms with Crippen molar-refractivity contribution in [2.45, 2.75) is 74.9 Å². The molecule has 0 spiro atoms. The van der Waals surface area contributed by atoms with Gasteiger partial charge in [-0.25, -0.2) is 12.7 Å². The highest BCUT2D eigenvalue weighted by atomic mass is 35.5. The van der Waals surface area contributed by atoms with Crippen LogP contribution in [-0.4, -0.2) is 54.0 Å². The summed E-state index contributed by atoms with van der Waals surface area (Å²) in [5.74, 6) is -1.24. The Morgan fingerprint density at radius 2 is 1.57 bits per heavy atom. The standard InChI is InChI=1S/C33H35Cl2N3O5S/c34-27-16-9-17-28(35)26(27)22-37(29(21-23-11-3-1-4-12-23)32(40)36-24-13-5-2-6-14-24)31(39)19-10-20-38-33(41)25-15-7-8-18-30(25)44(38,42)43/h1,3-4,7-9,11-12,15-18,24,29H,2,5-6,10,13-14,19-22H2,(H,36,40)/t29-/m1/s1. The van der Waals surface area contributed by atoms with Gasteiger partial charge in [0.1, 0.15) is 10.9 Å². The topological polar surface area (TPSA) is 104 Å². The van der Waals surface area contributed by atoms with Crippen LogP contribution in [0.5, 0.6) is 0 Å². The van der Waals surface area contributed by atoms with Crippen LogP contribution in [-0.2, 0) is 32.6 Å². The maximum absolute atomic E-state index is 14.0. The fraction of sp³-hybridized carbons (Fsp3) is 0.364. The normalized spacial score (nSPS) is 16.8. The zero-order valence-electron chi connectivity index (χ0n) is 24.3. The summed E-state index contributed by atoms with van der Waals surface area (Å²) in [6.07, 6.45) is 5.22. The van der Waals surface area contributed by atoms with Crippen LogP contribution in [0.4, 0.5) is 0 Å². The van der Waals surface area contributed by atoms with Crippen LogP contribution in [0.25, 0.3) is 0 Å². The Kier molecular flexibility index (Phi) is 10.3. The lowest BCUT2D eigenvalue weighted by Crippen LogP contribution is -2.53. The maximum Gasteiger partial charge on any atom is 0.269 e. The van der Waals surface area contributed by atoms with E-state index in [1.807, 2.05) is 30.3 Å². The zero-order valence-corrected chi connectivity index (χ0v) is 26.6. The second-order valence-corrected chi connectivity index (χ2v) is 13.9. The van der Waals surface area contributed by atoms with Crippen molar-refractivity contribution in [2.24, 2.45) is 0 Å². The molecule has 0 radical (unpaired) electrons. The molecule has 3 aromatic carbocycles. The number of rotatable bonds is 11. The van der Waals surface area contributed by atoms with Crippen LogP contribution < -0.4 is 5.32 Å². The monoisotopic (exact) mass is 655 g/mol. The van der Waals surface area contributed by atoms with Crippen molar-refractivity contribution in [3.05, 3.63) is 99.5 Å². The van der Waals surface area contributed by atoms with Gasteiger partial charge < -0.3 is 10.2 Å². The van der Waals surface area contributed by atoms with Gasteiger partial charge in [0.2, 0.25) is 11.8 Å². The predicted octanol–water partition coefficient (Wildman–Crippen LogP) is 6.01. The lowest BCUT2D eigenvalue weighted by atomic mass is 9.94. The molecule has 3 aromatic rings. The predicted molar refractivity (Wildman–Crippen MR) is 170 cm³/mol. The SMILES string of the molecule is O=C(NC1CCCCC1)[C@@H](Cc1ccccc1)N(Cc1c(Cl)cccc1Cl)C(=O)CCCN1C(=O)c2ccccc2S1(=O)=O. The van der Waals surface area contributed by atoms with E-state index in [9.17, 15) is 22.8 Å². The number of carbonyl (C=O) groups is 3. The van der Waals surface area contributed by atoms with Gasteiger partial charge in [-0.05, 0) is 49.1 Å². The number of hydrogen-bond donors (Lipinski definition) is 1. The molecule has 1 aliphatic carbocycles. The van der Waals surface area contributed by atoms with Crippen LogP contribution >= 0.6 is 23.2 Å². The van der Waals surface area contributed by atoms with Gasteiger partial charge >= 0.3 is 0 Å². The van der Waals surface area contributed by atoms with Crippen molar-refractivity contribution in [3.8, 4) is 0 Å². The highest BCUT2D eigenvalue weighted by molar-refractivity contribution is 7.90. The Morgan fingerprint density at radius 1 is 0.909 bits per heavy atom. The summed E-state index contributed by atoms with van der Waals surface area (Å²) in [5, 5.41) is 3.92. The van der Waals surface area contributed by atoms with Crippen molar-refractivity contribution in [3.63, 3.8) is 0 Å². The van der Waals surface area contributed by atoms with Crippen molar-refractivity contribution >= 4 is 50.9 Å². The lowest BCUT2D eigenvalue weighted by molar-refractivity contribution is -0.141. The molecule has 44 heavy (non-hydrogen) atoms. The molecule has 0 aromatic heterocycles. The summed E-state index contributed by atoms with van der Waals surface area (Å²) in [7, 11) is -4.00. The summed E-state index contributed by atoms with van der Waals surface area (Å²) in [6.45, 7) is -0.181. The first-order chi connectivity index (χ1) is 21.2. The molecule has 1 atom stereocenters. The van der Waals surface area contributed by atoms with Gasteiger partial charge in [0, 0.05) is 47.6 Å². The van der Waals surface area contributed by atoms with E-state index in [0.717, 1.165) is 42.0 Å². The minimum Gasteiger partial charge on any atom is -0.352 e. The summed E-state index contributed by atoms with van der Waals surface area (Å²) < 4.78 is 26.9. The molecule has 5 rings (SSSR count). The third kappa shape index (κ3) is 7.11. The highest BCUT2D eigenvalue weighted by Gasteiger charge is 2.40. The molecule has 2 aliphatic rings. The largest absolute Gasteiger partial charge is 0.352 e. The molecule has 1 saturated carbocycles. The number of carbonyl (C=O) groups excluding carboxylic acids is 3. The number of sulfonamides is 1.